The zero-order valence-electron chi connectivity index (χ0n) is 18.8. The molecule has 0 bridgehead atoms. The van der Waals surface area contributed by atoms with Gasteiger partial charge in [-0.1, -0.05) is 19.9 Å². The number of hydrogen-bond donors (Lipinski definition) is 2. The Morgan fingerprint density at radius 3 is 2.58 bits per heavy atom. The molecule has 0 radical (unpaired) electrons. The normalized spacial score (nSPS) is 18.1. The van der Waals surface area contributed by atoms with Gasteiger partial charge in [0, 0.05) is 25.6 Å². The minimum absolute atomic E-state index is 0.108. The molecule has 2 aliphatic heterocycles. The van der Waals surface area contributed by atoms with E-state index in [1.165, 1.54) is 18.4 Å². The fraction of sp³-hybridized carbons (Fsp3) is 0.542. The highest BCUT2D eigenvalue weighted by atomic mass is 16.6. The Labute approximate surface area is 184 Å². The molecule has 1 aromatic heterocycles. The number of aliphatic imine (C=N–C) groups is 1. The van der Waals surface area contributed by atoms with Crippen LogP contribution in [0, 0.1) is 0 Å². The Kier molecular flexibility index (Phi) is 6.70. The first kappa shape index (κ1) is 21.6. The number of fused-ring (bicyclic) bond motifs is 1. The largest absolute Gasteiger partial charge is 0.486 e. The Bertz CT molecular complexity index is 873. The summed E-state index contributed by atoms with van der Waals surface area (Å²) >= 11 is 0. The van der Waals surface area contributed by atoms with Gasteiger partial charge in [0.25, 0.3) is 0 Å². The second-order valence-corrected chi connectivity index (χ2v) is 8.82. The lowest BCUT2D eigenvalue weighted by molar-refractivity contribution is 0.171. The van der Waals surface area contributed by atoms with Gasteiger partial charge >= 0.3 is 0 Å². The minimum atomic E-state index is -0.108. The van der Waals surface area contributed by atoms with Crippen LogP contribution in [0.1, 0.15) is 44.1 Å². The van der Waals surface area contributed by atoms with Gasteiger partial charge in [-0.05, 0) is 55.8 Å². The van der Waals surface area contributed by atoms with Crippen LogP contribution in [-0.4, -0.2) is 57.3 Å². The third-order valence-electron chi connectivity index (χ3n) is 6.16. The summed E-state index contributed by atoms with van der Waals surface area (Å²) in [5.74, 6) is 3.44. The van der Waals surface area contributed by atoms with Gasteiger partial charge < -0.3 is 24.5 Å². The van der Waals surface area contributed by atoms with Gasteiger partial charge in [-0.2, -0.15) is 0 Å². The number of benzene rings is 1. The average Bonchev–Trinajstić information content (AvgIpc) is 3.51. The van der Waals surface area contributed by atoms with Crippen molar-refractivity contribution in [1.82, 2.24) is 15.5 Å². The molecule has 2 aromatic rings. The van der Waals surface area contributed by atoms with Crippen LogP contribution in [0.15, 0.2) is 46.0 Å². The van der Waals surface area contributed by atoms with E-state index in [2.05, 4.69) is 52.6 Å². The molecule has 168 valence electrons. The Hall–Kier alpha value is -2.67. The molecule has 31 heavy (non-hydrogen) atoms. The Morgan fingerprint density at radius 2 is 1.87 bits per heavy atom. The van der Waals surface area contributed by atoms with E-state index in [0.29, 0.717) is 13.2 Å². The lowest BCUT2D eigenvalue weighted by Crippen LogP contribution is -2.46. The maximum absolute atomic E-state index is 5.76. The topological polar surface area (TPSA) is 71.3 Å². The number of likely N-dealkylation sites (tertiary alicyclic amines) is 1. The maximum Gasteiger partial charge on any atom is 0.191 e. The van der Waals surface area contributed by atoms with Crippen molar-refractivity contribution in [2.45, 2.75) is 38.1 Å². The summed E-state index contributed by atoms with van der Waals surface area (Å²) < 4.78 is 17.1. The van der Waals surface area contributed by atoms with E-state index in [1.54, 1.807) is 6.26 Å². The standard InChI is InChI=1S/C24H34N4O3/c1-24(2,18-8-9-21-22(15-18)31-14-13-30-21)17-27-23(25-3)26-16-19(20-7-6-12-29-20)28-10-4-5-11-28/h6-9,12,15,19H,4-5,10-11,13-14,16-17H2,1-3H3,(H2,25,26,27). The monoisotopic (exact) mass is 426 g/mol. The summed E-state index contributed by atoms with van der Waals surface area (Å²) in [7, 11) is 1.81. The lowest BCUT2D eigenvalue weighted by atomic mass is 9.84. The predicted octanol–water partition coefficient (Wildman–Crippen LogP) is 3.33. The van der Waals surface area contributed by atoms with Crippen LogP contribution in [-0.2, 0) is 5.41 Å². The molecular weight excluding hydrogens is 392 g/mol. The van der Waals surface area contributed by atoms with Crippen LogP contribution >= 0.6 is 0 Å². The summed E-state index contributed by atoms with van der Waals surface area (Å²) in [6.07, 6.45) is 4.24. The van der Waals surface area contributed by atoms with Gasteiger partial charge in [-0.15, -0.1) is 0 Å². The number of ether oxygens (including phenoxy) is 2. The zero-order valence-corrected chi connectivity index (χ0v) is 18.8. The summed E-state index contributed by atoms with van der Waals surface area (Å²) in [6.45, 7) is 9.34. The van der Waals surface area contributed by atoms with E-state index in [0.717, 1.165) is 49.4 Å². The molecule has 2 N–H and O–H groups in total. The summed E-state index contributed by atoms with van der Waals surface area (Å²) in [5.41, 5.74) is 1.09. The fourth-order valence-corrected chi connectivity index (χ4v) is 4.23. The van der Waals surface area contributed by atoms with Gasteiger partial charge in [0.15, 0.2) is 17.5 Å². The minimum Gasteiger partial charge on any atom is -0.486 e. The number of hydrogen-bond acceptors (Lipinski definition) is 5. The maximum atomic E-state index is 5.76. The quantitative estimate of drug-likeness (QED) is 0.523. The first-order valence-electron chi connectivity index (χ1n) is 11.2. The molecule has 0 aliphatic carbocycles. The highest BCUT2D eigenvalue weighted by Crippen LogP contribution is 2.35. The molecule has 1 unspecified atom stereocenters. The molecule has 7 nitrogen and oxygen atoms in total. The van der Waals surface area contributed by atoms with Crippen molar-refractivity contribution in [3.05, 3.63) is 47.9 Å². The van der Waals surface area contributed by atoms with Crippen molar-refractivity contribution in [2.75, 3.05) is 46.4 Å². The molecule has 1 fully saturated rings. The van der Waals surface area contributed by atoms with Gasteiger partial charge in [0.05, 0.1) is 12.3 Å². The smallest absolute Gasteiger partial charge is 0.191 e. The molecule has 4 rings (SSSR count). The number of furan rings is 1. The van der Waals surface area contributed by atoms with Crippen LogP contribution in [0.5, 0.6) is 11.5 Å². The van der Waals surface area contributed by atoms with Gasteiger partial charge in [0.1, 0.15) is 19.0 Å². The number of rotatable bonds is 7. The zero-order chi connectivity index (χ0) is 21.7. The van der Waals surface area contributed by atoms with Crippen molar-refractivity contribution in [2.24, 2.45) is 4.99 Å². The van der Waals surface area contributed by atoms with Crippen molar-refractivity contribution in [3.63, 3.8) is 0 Å². The van der Waals surface area contributed by atoms with Crippen LogP contribution in [0.2, 0.25) is 0 Å². The van der Waals surface area contributed by atoms with Crippen LogP contribution < -0.4 is 20.1 Å². The van der Waals surface area contributed by atoms with E-state index in [1.807, 2.05) is 19.2 Å². The van der Waals surface area contributed by atoms with E-state index < -0.39 is 0 Å². The van der Waals surface area contributed by atoms with Gasteiger partial charge in [0.2, 0.25) is 0 Å². The van der Waals surface area contributed by atoms with E-state index in [9.17, 15) is 0 Å². The fourth-order valence-electron chi connectivity index (χ4n) is 4.23. The summed E-state index contributed by atoms with van der Waals surface area (Å²) in [4.78, 5) is 6.92. The van der Waals surface area contributed by atoms with Crippen LogP contribution in [0.25, 0.3) is 0 Å². The third kappa shape index (κ3) is 5.15. The highest BCUT2D eigenvalue weighted by Gasteiger charge is 2.27. The molecule has 2 aliphatic rings. The lowest BCUT2D eigenvalue weighted by Gasteiger charge is -2.30. The van der Waals surface area contributed by atoms with E-state index >= 15 is 0 Å². The van der Waals surface area contributed by atoms with E-state index in [4.69, 9.17) is 13.9 Å². The highest BCUT2D eigenvalue weighted by molar-refractivity contribution is 5.79. The van der Waals surface area contributed by atoms with Gasteiger partial charge in [-0.3, -0.25) is 9.89 Å². The van der Waals surface area contributed by atoms with E-state index in [-0.39, 0.29) is 11.5 Å². The number of nitrogens with zero attached hydrogens (tertiary/aromatic N) is 2. The summed E-state index contributed by atoms with van der Waals surface area (Å²) in [5, 5.41) is 7.00. The first-order valence-corrected chi connectivity index (χ1v) is 11.2. The molecule has 0 saturated carbocycles. The molecule has 1 atom stereocenters. The SMILES string of the molecule is CN=C(NCC(c1ccco1)N1CCCC1)NCC(C)(C)c1ccc2c(c1)OCCO2. The molecule has 1 saturated heterocycles. The van der Waals surface area contributed by atoms with Crippen LogP contribution in [0.3, 0.4) is 0 Å². The molecule has 3 heterocycles. The summed E-state index contributed by atoms with van der Waals surface area (Å²) in [6, 6.07) is 10.4. The predicted molar refractivity (Wildman–Crippen MR) is 122 cm³/mol. The molecule has 0 amide bonds. The van der Waals surface area contributed by atoms with Crippen molar-refractivity contribution in [1.29, 1.82) is 0 Å². The molecule has 0 spiro atoms. The Morgan fingerprint density at radius 1 is 1.10 bits per heavy atom. The molecule has 7 heteroatoms. The first-order chi connectivity index (χ1) is 15.1. The third-order valence-corrected chi connectivity index (χ3v) is 6.16. The average molecular weight is 427 g/mol. The Balaban J connectivity index is 1.36. The van der Waals surface area contributed by atoms with Gasteiger partial charge in [-0.25, -0.2) is 0 Å². The van der Waals surface area contributed by atoms with Crippen molar-refractivity contribution >= 4 is 5.96 Å². The number of nitrogens with one attached hydrogen (secondary N) is 2. The second kappa shape index (κ2) is 9.64. The second-order valence-electron chi connectivity index (χ2n) is 8.82. The molecule has 1 aromatic carbocycles. The van der Waals surface area contributed by atoms with Crippen molar-refractivity contribution in [3.8, 4) is 11.5 Å². The van der Waals surface area contributed by atoms with Crippen LogP contribution in [0.4, 0.5) is 0 Å². The molecular formula is C24H34N4O3. The van der Waals surface area contributed by atoms with Crippen molar-refractivity contribution < 1.29 is 13.9 Å². The number of guanidine groups is 1.